The Morgan fingerprint density at radius 1 is 1.17 bits per heavy atom. The van der Waals surface area contributed by atoms with Crippen molar-refractivity contribution < 1.29 is 18.7 Å². The number of alkyl halides is 1. The minimum Gasteiger partial charge on any atom is -0.493 e. The lowest BCUT2D eigenvalue weighted by Crippen LogP contribution is -2.34. The third kappa shape index (κ3) is 2.74. The van der Waals surface area contributed by atoms with E-state index in [-0.39, 0.29) is 6.54 Å². The molecule has 23 heavy (non-hydrogen) atoms. The van der Waals surface area contributed by atoms with E-state index in [9.17, 15) is 9.18 Å². The zero-order chi connectivity index (χ0) is 16.3. The molecule has 1 heterocycles. The monoisotopic (exact) mass is 315 g/mol. The Labute approximate surface area is 134 Å². The first-order chi connectivity index (χ1) is 11.2. The Balaban J connectivity index is 1.99. The molecule has 5 heteroatoms. The molecule has 3 rings (SSSR count). The number of carbonyl (C=O) groups is 1. The van der Waals surface area contributed by atoms with Crippen molar-refractivity contribution in [3.8, 4) is 5.75 Å². The highest BCUT2D eigenvalue weighted by Crippen LogP contribution is 2.40. The number of carbonyl (C=O) groups excluding carboxylic acids is 1. The van der Waals surface area contributed by atoms with Gasteiger partial charge in [-0.05, 0) is 25.1 Å². The lowest BCUT2D eigenvalue weighted by atomic mass is 9.94. The Bertz CT molecular complexity index is 692. The molecular weight excluding hydrogens is 297 g/mol. The summed E-state index contributed by atoms with van der Waals surface area (Å²) < 4.78 is 25.0. The highest BCUT2D eigenvalue weighted by atomic mass is 19.1. The van der Waals surface area contributed by atoms with Gasteiger partial charge in [0.1, 0.15) is 12.4 Å². The number of rotatable bonds is 5. The summed E-state index contributed by atoms with van der Waals surface area (Å²) in [6.07, 6.45) is -0.555. The zero-order valence-corrected chi connectivity index (χ0v) is 12.9. The number of hydrogen-bond donors (Lipinski definition) is 0. The molecule has 1 fully saturated rings. The van der Waals surface area contributed by atoms with Crippen LogP contribution in [-0.2, 0) is 10.3 Å². The molecule has 120 valence electrons. The second-order valence-electron chi connectivity index (χ2n) is 5.35. The first kappa shape index (κ1) is 15.3. The third-order valence-corrected chi connectivity index (χ3v) is 3.88. The maximum atomic E-state index is 14.0. The van der Waals surface area contributed by atoms with E-state index in [1.54, 1.807) is 30.3 Å². The molecular formula is C18H18FNO3. The largest absolute Gasteiger partial charge is 0.493 e. The Hall–Kier alpha value is -2.56. The van der Waals surface area contributed by atoms with Crippen molar-refractivity contribution in [2.24, 2.45) is 0 Å². The maximum Gasteiger partial charge on any atom is 0.415 e. The number of cyclic esters (lactones) is 1. The van der Waals surface area contributed by atoms with Gasteiger partial charge in [-0.1, -0.05) is 36.4 Å². The van der Waals surface area contributed by atoms with Crippen LogP contribution in [0.5, 0.6) is 5.75 Å². The lowest BCUT2D eigenvalue weighted by molar-refractivity contribution is 0.0301. The van der Waals surface area contributed by atoms with E-state index in [2.05, 4.69) is 0 Å². The van der Waals surface area contributed by atoms with Crippen LogP contribution < -0.4 is 9.64 Å². The molecule has 1 saturated heterocycles. The minimum atomic E-state index is -1.35. The predicted molar refractivity (Wildman–Crippen MR) is 85.5 cm³/mol. The summed E-state index contributed by atoms with van der Waals surface area (Å²) in [5, 5.41) is 0. The van der Waals surface area contributed by atoms with Crippen LogP contribution >= 0.6 is 0 Å². The van der Waals surface area contributed by atoms with E-state index in [1.165, 1.54) is 4.90 Å². The topological polar surface area (TPSA) is 38.8 Å². The molecule has 0 saturated carbocycles. The van der Waals surface area contributed by atoms with Gasteiger partial charge in [-0.25, -0.2) is 9.18 Å². The Morgan fingerprint density at radius 2 is 1.87 bits per heavy atom. The summed E-state index contributed by atoms with van der Waals surface area (Å²) in [4.78, 5) is 13.7. The SMILES string of the molecule is CCOc1ccccc1[C@@]1(CF)CN(c2ccccc2)C(=O)O1. The third-order valence-electron chi connectivity index (χ3n) is 3.88. The first-order valence-electron chi connectivity index (χ1n) is 7.54. The van der Waals surface area contributed by atoms with E-state index >= 15 is 0 Å². The van der Waals surface area contributed by atoms with Crippen LogP contribution in [0.25, 0.3) is 0 Å². The van der Waals surface area contributed by atoms with Gasteiger partial charge in [0, 0.05) is 11.3 Å². The van der Waals surface area contributed by atoms with Crippen molar-refractivity contribution in [2.75, 3.05) is 24.7 Å². The summed E-state index contributed by atoms with van der Waals surface area (Å²) in [6.45, 7) is 1.61. The molecule has 4 nitrogen and oxygen atoms in total. The summed E-state index contributed by atoms with van der Waals surface area (Å²) >= 11 is 0. The molecule has 0 spiro atoms. The molecule has 2 aromatic rings. The second-order valence-corrected chi connectivity index (χ2v) is 5.35. The van der Waals surface area contributed by atoms with Crippen molar-refractivity contribution in [2.45, 2.75) is 12.5 Å². The molecule has 0 unspecified atom stereocenters. The minimum absolute atomic E-state index is 0.108. The summed E-state index contributed by atoms with van der Waals surface area (Å²) in [5.41, 5.74) is -0.114. The van der Waals surface area contributed by atoms with Crippen LogP contribution in [-0.4, -0.2) is 25.9 Å². The fourth-order valence-corrected chi connectivity index (χ4v) is 2.79. The fourth-order valence-electron chi connectivity index (χ4n) is 2.79. The zero-order valence-electron chi connectivity index (χ0n) is 12.9. The van der Waals surface area contributed by atoms with Crippen molar-refractivity contribution in [1.29, 1.82) is 0 Å². The van der Waals surface area contributed by atoms with Gasteiger partial charge in [0.15, 0.2) is 5.60 Å². The highest BCUT2D eigenvalue weighted by molar-refractivity contribution is 5.90. The van der Waals surface area contributed by atoms with Crippen LogP contribution in [0.4, 0.5) is 14.9 Å². The maximum absolute atomic E-state index is 14.0. The second kappa shape index (κ2) is 6.28. The van der Waals surface area contributed by atoms with E-state index < -0.39 is 18.4 Å². The normalized spacial score (nSPS) is 20.4. The molecule has 1 amide bonds. The molecule has 0 bridgehead atoms. The number of anilines is 1. The van der Waals surface area contributed by atoms with Crippen molar-refractivity contribution >= 4 is 11.8 Å². The number of amides is 1. The van der Waals surface area contributed by atoms with Gasteiger partial charge >= 0.3 is 6.09 Å². The number of benzene rings is 2. The van der Waals surface area contributed by atoms with Crippen molar-refractivity contribution in [3.63, 3.8) is 0 Å². The Morgan fingerprint density at radius 3 is 2.57 bits per heavy atom. The quantitative estimate of drug-likeness (QED) is 0.840. The molecule has 0 aliphatic carbocycles. The van der Waals surface area contributed by atoms with Crippen LogP contribution in [0, 0.1) is 0 Å². The van der Waals surface area contributed by atoms with Gasteiger partial charge in [-0.15, -0.1) is 0 Å². The average Bonchev–Trinajstić information content (AvgIpc) is 2.94. The number of hydrogen-bond acceptors (Lipinski definition) is 3. The van der Waals surface area contributed by atoms with E-state index in [0.29, 0.717) is 23.6 Å². The molecule has 0 aromatic heterocycles. The van der Waals surface area contributed by atoms with Gasteiger partial charge in [0.05, 0.1) is 13.2 Å². The molecule has 0 radical (unpaired) electrons. The first-order valence-corrected chi connectivity index (χ1v) is 7.54. The lowest BCUT2D eigenvalue weighted by Gasteiger charge is -2.26. The summed E-state index contributed by atoms with van der Waals surface area (Å²) in [7, 11) is 0. The fraction of sp³-hybridized carbons (Fsp3) is 0.278. The van der Waals surface area contributed by atoms with E-state index in [1.807, 2.05) is 31.2 Å². The average molecular weight is 315 g/mol. The standard InChI is InChI=1S/C18H18FNO3/c1-2-22-16-11-7-6-10-15(16)18(12-19)13-20(17(21)23-18)14-8-4-3-5-9-14/h3-11H,2,12-13H2,1H3/t18-/m1/s1. The molecule has 0 N–H and O–H groups in total. The van der Waals surface area contributed by atoms with Gasteiger partial charge in [0.25, 0.3) is 0 Å². The number of halogens is 1. The van der Waals surface area contributed by atoms with Gasteiger partial charge in [-0.3, -0.25) is 4.90 Å². The van der Waals surface area contributed by atoms with E-state index in [4.69, 9.17) is 9.47 Å². The molecule has 1 aliphatic rings. The van der Waals surface area contributed by atoms with Crippen molar-refractivity contribution in [3.05, 3.63) is 60.2 Å². The highest BCUT2D eigenvalue weighted by Gasteiger charge is 2.49. The van der Waals surface area contributed by atoms with Gasteiger partial charge in [0.2, 0.25) is 0 Å². The molecule has 1 atom stereocenters. The number of ether oxygens (including phenoxy) is 2. The van der Waals surface area contributed by atoms with Crippen LogP contribution in [0.2, 0.25) is 0 Å². The van der Waals surface area contributed by atoms with Crippen LogP contribution in [0.3, 0.4) is 0 Å². The molecule has 2 aromatic carbocycles. The predicted octanol–water partition coefficient (Wildman–Crippen LogP) is 3.91. The smallest absolute Gasteiger partial charge is 0.415 e. The summed E-state index contributed by atoms with van der Waals surface area (Å²) in [6, 6.07) is 16.2. The van der Waals surface area contributed by atoms with Gasteiger partial charge in [-0.2, -0.15) is 0 Å². The summed E-state index contributed by atoms with van der Waals surface area (Å²) in [5.74, 6) is 0.537. The van der Waals surface area contributed by atoms with Crippen molar-refractivity contribution in [1.82, 2.24) is 0 Å². The number of para-hydroxylation sites is 2. The number of nitrogens with zero attached hydrogens (tertiary/aromatic N) is 1. The van der Waals surface area contributed by atoms with Crippen LogP contribution in [0.15, 0.2) is 54.6 Å². The van der Waals surface area contributed by atoms with Crippen LogP contribution in [0.1, 0.15) is 12.5 Å². The van der Waals surface area contributed by atoms with Gasteiger partial charge < -0.3 is 9.47 Å². The van der Waals surface area contributed by atoms with E-state index in [0.717, 1.165) is 0 Å². The Kier molecular flexibility index (Phi) is 4.19. The molecule has 1 aliphatic heterocycles.